The third-order valence-electron chi connectivity index (χ3n) is 2.57. The number of carbonyl (C=O) groups excluding carboxylic acids is 1. The molecule has 1 N–H and O–H groups in total. The minimum Gasteiger partial charge on any atom is -0.466 e. The summed E-state index contributed by atoms with van der Waals surface area (Å²) < 4.78 is 5.33. The van der Waals surface area contributed by atoms with Crippen LogP contribution in [-0.2, 0) is 0 Å². The zero-order chi connectivity index (χ0) is 13.1. The van der Waals surface area contributed by atoms with Crippen molar-refractivity contribution >= 4 is 11.6 Å². The third kappa shape index (κ3) is 2.44. The molecule has 1 amide bonds. The number of amides is 1. The average molecular weight is 239 g/mol. The molecule has 1 heterocycles. The van der Waals surface area contributed by atoms with Crippen LogP contribution in [0.15, 0.2) is 34.7 Å². The van der Waals surface area contributed by atoms with E-state index in [2.05, 4.69) is 11.2 Å². The van der Waals surface area contributed by atoms with Gasteiger partial charge < -0.3 is 9.73 Å². The summed E-state index contributed by atoms with van der Waals surface area (Å²) in [6.07, 6.45) is 5.31. The molecule has 0 fully saturated rings. The van der Waals surface area contributed by atoms with Crippen LogP contribution < -0.4 is 5.32 Å². The quantitative estimate of drug-likeness (QED) is 0.818. The van der Waals surface area contributed by atoms with E-state index in [1.165, 1.54) is 0 Å². The van der Waals surface area contributed by atoms with Crippen molar-refractivity contribution < 1.29 is 9.21 Å². The number of aryl methyl sites for hydroxylation is 2. The van der Waals surface area contributed by atoms with Crippen molar-refractivity contribution in [3.8, 4) is 12.3 Å². The van der Waals surface area contributed by atoms with Crippen molar-refractivity contribution in [3.63, 3.8) is 0 Å². The van der Waals surface area contributed by atoms with Crippen LogP contribution in [0.1, 0.15) is 27.4 Å². The summed E-state index contributed by atoms with van der Waals surface area (Å²) in [6, 6.07) is 8.87. The maximum atomic E-state index is 12.0. The second-order valence-corrected chi connectivity index (χ2v) is 4.01. The normalized spacial score (nSPS) is 9.83. The lowest BCUT2D eigenvalue weighted by Crippen LogP contribution is -2.12. The monoisotopic (exact) mass is 239 g/mol. The summed E-state index contributed by atoms with van der Waals surface area (Å²) in [5.74, 6) is 3.66. The highest BCUT2D eigenvalue weighted by atomic mass is 16.3. The Morgan fingerprint density at radius 2 is 2.11 bits per heavy atom. The van der Waals surface area contributed by atoms with Crippen LogP contribution in [0.5, 0.6) is 0 Å². The summed E-state index contributed by atoms with van der Waals surface area (Å²) in [4.78, 5) is 12.0. The number of hydrogen-bond donors (Lipinski definition) is 1. The summed E-state index contributed by atoms with van der Waals surface area (Å²) in [6.45, 7) is 3.57. The van der Waals surface area contributed by atoms with E-state index in [0.717, 1.165) is 11.3 Å². The predicted octanol–water partition coefficient (Wildman–Crippen LogP) is 3.13. The average Bonchev–Trinajstić information content (AvgIpc) is 2.69. The zero-order valence-electron chi connectivity index (χ0n) is 10.3. The third-order valence-corrected chi connectivity index (χ3v) is 2.57. The molecule has 0 radical (unpaired) electrons. The van der Waals surface area contributed by atoms with E-state index in [9.17, 15) is 4.79 Å². The largest absolute Gasteiger partial charge is 0.466 e. The van der Waals surface area contributed by atoms with Gasteiger partial charge in [-0.2, -0.15) is 0 Å². The van der Waals surface area contributed by atoms with E-state index in [1.54, 1.807) is 31.2 Å². The number of carbonyl (C=O) groups is 1. The number of nitrogens with one attached hydrogen (secondary N) is 1. The smallest absolute Gasteiger partial charge is 0.259 e. The summed E-state index contributed by atoms with van der Waals surface area (Å²) in [5.41, 5.74) is 1.94. The van der Waals surface area contributed by atoms with Gasteiger partial charge in [0, 0.05) is 11.3 Å². The summed E-state index contributed by atoms with van der Waals surface area (Å²) in [7, 11) is 0. The van der Waals surface area contributed by atoms with Gasteiger partial charge >= 0.3 is 0 Å². The van der Waals surface area contributed by atoms with Gasteiger partial charge in [0.15, 0.2) is 0 Å². The standard InChI is InChI=1S/C15H13NO2/c1-4-12-6-5-7-13(9-12)16-15(17)14-8-10(2)18-11(14)3/h1,5-9H,2-3H3,(H,16,17). The maximum Gasteiger partial charge on any atom is 0.259 e. The molecule has 0 unspecified atom stereocenters. The molecule has 0 saturated carbocycles. The zero-order valence-corrected chi connectivity index (χ0v) is 10.3. The Morgan fingerprint density at radius 1 is 1.33 bits per heavy atom. The lowest BCUT2D eigenvalue weighted by Gasteiger charge is -2.04. The highest BCUT2D eigenvalue weighted by Crippen LogP contribution is 2.16. The van der Waals surface area contributed by atoms with Crippen molar-refractivity contribution in [1.29, 1.82) is 0 Å². The highest BCUT2D eigenvalue weighted by molar-refractivity contribution is 6.05. The van der Waals surface area contributed by atoms with Crippen molar-refractivity contribution in [3.05, 3.63) is 53.0 Å². The Kier molecular flexibility index (Phi) is 3.20. The number of hydrogen-bond acceptors (Lipinski definition) is 2. The van der Waals surface area contributed by atoms with Crippen molar-refractivity contribution in [1.82, 2.24) is 0 Å². The Bertz CT molecular complexity index is 632. The van der Waals surface area contributed by atoms with Crippen molar-refractivity contribution in [2.24, 2.45) is 0 Å². The molecule has 1 aromatic carbocycles. The van der Waals surface area contributed by atoms with E-state index in [4.69, 9.17) is 10.8 Å². The molecular weight excluding hydrogens is 226 g/mol. The number of benzene rings is 1. The van der Waals surface area contributed by atoms with Crippen LogP contribution in [0.3, 0.4) is 0 Å². The summed E-state index contributed by atoms with van der Waals surface area (Å²) >= 11 is 0. The van der Waals surface area contributed by atoms with Gasteiger partial charge in [0.1, 0.15) is 11.5 Å². The molecule has 0 bridgehead atoms. The first-order valence-corrected chi connectivity index (χ1v) is 5.55. The van der Waals surface area contributed by atoms with Gasteiger partial charge in [0.25, 0.3) is 5.91 Å². The molecule has 3 nitrogen and oxygen atoms in total. The van der Waals surface area contributed by atoms with Crippen LogP contribution >= 0.6 is 0 Å². The minimum absolute atomic E-state index is 0.196. The first-order chi connectivity index (χ1) is 8.60. The number of furan rings is 1. The van der Waals surface area contributed by atoms with Crippen LogP contribution in [0.25, 0.3) is 0 Å². The van der Waals surface area contributed by atoms with Crippen molar-refractivity contribution in [2.45, 2.75) is 13.8 Å². The molecular formula is C15H13NO2. The minimum atomic E-state index is -0.196. The molecule has 18 heavy (non-hydrogen) atoms. The molecule has 2 rings (SSSR count). The highest BCUT2D eigenvalue weighted by Gasteiger charge is 2.13. The van der Waals surface area contributed by atoms with Crippen LogP contribution in [-0.4, -0.2) is 5.91 Å². The van der Waals surface area contributed by atoms with Crippen LogP contribution in [0, 0.1) is 26.2 Å². The van der Waals surface area contributed by atoms with Gasteiger partial charge in [-0.3, -0.25) is 4.79 Å². The van der Waals surface area contributed by atoms with Gasteiger partial charge in [0.2, 0.25) is 0 Å². The fraction of sp³-hybridized carbons (Fsp3) is 0.133. The first-order valence-electron chi connectivity index (χ1n) is 5.55. The van der Waals surface area contributed by atoms with Gasteiger partial charge in [0.05, 0.1) is 5.56 Å². The second-order valence-electron chi connectivity index (χ2n) is 4.01. The van der Waals surface area contributed by atoms with Gasteiger partial charge in [-0.15, -0.1) is 6.42 Å². The second kappa shape index (κ2) is 4.80. The molecule has 90 valence electrons. The fourth-order valence-corrected chi connectivity index (χ4v) is 1.74. The van der Waals surface area contributed by atoms with Gasteiger partial charge in [-0.05, 0) is 38.1 Å². The van der Waals surface area contributed by atoms with Gasteiger partial charge in [-0.25, -0.2) is 0 Å². The topological polar surface area (TPSA) is 42.2 Å². The molecule has 0 atom stereocenters. The lowest BCUT2D eigenvalue weighted by molar-refractivity contribution is 0.102. The Labute approximate surface area is 106 Å². The maximum absolute atomic E-state index is 12.0. The molecule has 0 saturated heterocycles. The molecule has 0 aliphatic carbocycles. The Morgan fingerprint density at radius 3 is 2.72 bits per heavy atom. The Balaban J connectivity index is 2.21. The molecule has 3 heteroatoms. The van der Waals surface area contributed by atoms with Crippen molar-refractivity contribution in [2.75, 3.05) is 5.32 Å². The predicted molar refractivity (Wildman–Crippen MR) is 70.5 cm³/mol. The molecule has 0 aliphatic heterocycles. The van der Waals surface area contributed by atoms with Gasteiger partial charge in [-0.1, -0.05) is 12.0 Å². The number of rotatable bonds is 2. The molecule has 2 aromatic rings. The van der Waals surface area contributed by atoms with E-state index in [0.29, 0.717) is 17.0 Å². The van der Waals surface area contributed by atoms with E-state index >= 15 is 0 Å². The molecule has 1 aromatic heterocycles. The van der Waals surface area contributed by atoms with Crippen LogP contribution in [0.4, 0.5) is 5.69 Å². The summed E-state index contributed by atoms with van der Waals surface area (Å²) in [5, 5.41) is 2.79. The lowest BCUT2D eigenvalue weighted by atomic mass is 10.2. The number of anilines is 1. The Hall–Kier alpha value is -2.47. The molecule has 0 aliphatic rings. The fourth-order valence-electron chi connectivity index (χ4n) is 1.74. The van der Waals surface area contributed by atoms with Crippen LogP contribution in [0.2, 0.25) is 0 Å². The number of terminal acetylenes is 1. The van der Waals surface area contributed by atoms with E-state index < -0.39 is 0 Å². The SMILES string of the molecule is C#Cc1cccc(NC(=O)c2cc(C)oc2C)c1. The first kappa shape index (κ1) is 12.0. The molecule has 0 spiro atoms. The van der Waals surface area contributed by atoms with E-state index in [-0.39, 0.29) is 5.91 Å². The van der Waals surface area contributed by atoms with E-state index in [1.807, 2.05) is 13.0 Å².